The van der Waals surface area contributed by atoms with Gasteiger partial charge in [0.05, 0.1) is 15.9 Å². The number of hydrogen-bond donors (Lipinski definition) is 0. The Bertz CT molecular complexity index is 1600. The molecule has 0 radical (unpaired) electrons. The van der Waals surface area contributed by atoms with Crippen molar-refractivity contribution in [2.45, 2.75) is 64.0 Å². The Kier molecular flexibility index (Phi) is 8.65. The molecule has 0 amide bonds. The molecule has 0 fully saturated rings. The first-order valence-corrected chi connectivity index (χ1v) is 14.8. The van der Waals surface area contributed by atoms with Gasteiger partial charge in [0, 0.05) is 32.6 Å². The van der Waals surface area contributed by atoms with Crippen molar-refractivity contribution in [1.29, 1.82) is 0 Å². The fraction of sp³-hybridized carbons (Fsp3) is 0.355. The lowest BCUT2D eigenvalue weighted by Crippen LogP contribution is -2.26. The number of sulfonamides is 1. The van der Waals surface area contributed by atoms with Crippen molar-refractivity contribution in [2.75, 3.05) is 14.1 Å². The summed E-state index contributed by atoms with van der Waals surface area (Å²) < 4.78 is 39.6. The minimum Gasteiger partial charge on any atom is -0.428 e. The van der Waals surface area contributed by atoms with E-state index in [1.54, 1.807) is 39.0 Å². The van der Waals surface area contributed by atoms with Gasteiger partial charge in [0.2, 0.25) is 10.0 Å². The Morgan fingerprint density at radius 1 is 1.00 bits per heavy atom. The van der Waals surface area contributed by atoms with Gasteiger partial charge in [-0.1, -0.05) is 55.8 Å². The van der Waals surface area contributed by atoms with Crippen LogP contribution >= 0.6 is 0 Å². The predicted molar refractivity (Wildman–Crippen MR) is 157 cm³/mol. The van der Waals surface area contributed by atoms with E-state index in [9.17, 15) is 13.2 Å². The van der Waals surface area contributed by atoms with E-state index in [2.05, 4.69) is 11.5 Å². The smallest absolute Gasteiger partial charge is 0.428 e. The molecule has 212 valence electrons. The maximum absolute atomic E-state index is 12.7. The molecule has 0 aliphatic rings. The zero-order valence-corrected chi connectivity index (χ0v) is 24.8. The third-order valence-corrected chi connectivity index (χ3v) is 8.22. The summed E-state index contributed by atoms with van der Waals surface area (Å²) in [6, 6.07) is 20.6. The van der Waals surface area contributed by atoms with Crippen molar-refractivity contribution in [3.05, 3.63) is 78.1 Å². The number of ether oxygens (including phenoxy) is 2. The van der Waals surface area contributed by atoms with E-state index in [1.165, 1.54) is 18.4 Å². The van der Waals surface area contributed by atoms with Crippen molar-refractivity contribution >= 4 is 27.2 Å². The first kappa shape index (κ1) is 29.3. The monoisotopic (exact) mass is 563 g/mol. The summed E-state index contributed by atoms with van der Waals surface area (Å²) in [6.07, 6.45) is 2.07. The van der Waals surface area contributed by atoms with Gasteiger partial charge in [-0.2, -0.15) is 0 Å². The zero-order valence-electron chi connectivity index (χ0n) is 24.0. The summed E-state index contributed by atoms with van der Waals surface area (Å²) >= 11 is 0. The van der Waals surface area contributed by atoms with Gasteiger partial charge in [-0.3, -0.25) is 0 Å². The molecule has 0 saturated heterocycles. The van der Waals surface area contributed by atoms with Crippen molar-refractivity contribution in [1.82, 2.24) is 13.9 Å². The molecule has 0 aliphatic carbocycles. The summed E-state index contributed by atoms with van der Waals surface area (Å²) in [5, 5.41) is 0. The van der Waals surface area contributed by atoms with Gasteiger partial charge in [0.15, 0.2) is 0 Å². The second-order valence-electron chi connectivity index (χ2n) is 10.9. The Morgan fingerprint density at radius 2 is 1.70 bits per heavy atom. The number of carbonyl (C=O) groups excluding carboxylic acids is 1. The standard InChI is InChI=1S/C31H37N3O5S/c1-7-8-13-29-32-26-20-24(40(36,37)33(5)6)18-19-27(26)34(29)21-22-14-16-23(17-15-22)25-11-9-10-12-28(25)38-30(35)39-31(2,3)4/h9-12,14-20H,7-8,13,21H2,1-6H3. The minimum atomic E-state index is -3.55. The van der Waals surface area contributed by atoms with Crippen molar-refractivity contribution < 1.29 is 22.7 Å². The van der Waals surface area contributed by atoms with E-state index in [-0.39, 0.29) is 4.90 Å². The van der Waals surface area contributed by atoms with Crippen LogP contribution in [0.5, 0.6) is 5.75 Å². The van der Waals surface area contributed by atoms with Crippen LogP contribution in [0.2, 0.25) is 0 Å². The molecule has 1 heterocycles. The Balaban J connectivity index is 1.63. The minimum absolute atomic E-state index is 0.230. The van der Waals surface area contributed by atoms with E-state index < -0.39 is 21.8 Å². The molecule has 9 heteroatoms. The van der Waals surface area contributed by atoms with Crippen molar-refractivity contribution in [3.63, 3.8) is 0 Å². The SMILES string of the molecule is CCCCc1nc2cc(S(=O)(=O)N(C)C)ccc2n1Cc1ccc(-c2ccccc2OC(=O)OC(C)(C)C)cc1. The van der Waals surface area contributed by atoms with Crippen LogP contribution in [0.4, 0.5) is 4.79 Å². The van der Waals surface area contributed by atoms with Crippen LogP contribution in [-0.4, -0.2) is 48.1 Å². The second-order valence-corrected chi connectivity index (χ2v) is 13.1. The summed E-state index contributed by atoms with van der Waals surface area (Å²) in [5.74, 6) is 1.35. The molecule has 0 N–H and O–H groups in total. The number of benzene rings is 3. The summed E-state index contributed by atoms with van der Waals surface area (Å²) in [7, 11) is -0.506. The number of unbranched alkanes of at least 4 members (excludes halogenated alkanes) is 1. The molecule has 1 aromatic heterocycles. The quantitative estimate of drug-likeness (QED) is 0.167. The van der Waals surface area contributed by atoms with E-state index in [4.69, 9.17) is 14.5 Å². The van der Waals surface area contributed by atoms with Crippen molar-refractivity contribution in [3.8, 4) is 16.9 Å². The van der Waals surface area contributed by atoms with Crippen LogP contribution in [0.1, 0.15) is 51.9 Å². The van der Waals surface area contributed by atoms with Crippen LogP contribution in [0.3, 0.4) is 0 Å². The zero-order chi connectivity index (χ0) is 29.1. The van der Waals surface area contributed by atoms with Gasteiger partial charge in [-0.25, -0.2) is 22.5 Å². The number of fused-ring (bicyclic) bond motifs is 1. The third-order valence-electron chi connectivity index (χ3n) is 6.41. The molecule has 0 spiro atoms. The highest BCUT2D eigenvalue weighted by molar-refractivity contribution is 7.89. The van der Waals surface area contributed by atoms with E-state index in [1.807, 2.05) is 48.5 Å². The van der Waals surface area contributed by atoms with Gasteiger partial charge in [0.25, 0.3) is 0 Å². The maximum atomic E-state index is 12.7. The summed E-state index contributed by atoms with van der Waals surface area (Å²) in [4.78, 5) is 17.3. The van der Waals surface area contributed by atoms with Gasteiger partial charge >= 0.3 is 6.16 Å². The number of para-hydroxylation sites is 1. The lowest BCUT2D eigenvalue weighted by molar-refractivity contribution is 0.0207. The summed E-state index contributed by atoms with van der Waals surface area (Å²) in [5.41, 5.74) is 3.66. The van der Waals surface area contributed by atoms with Crippen LogP contribution in [0.25, 0.3) is 22.2 Å². The largest absolute Gasteiger partial charge is 0.514 e. The maximum Gasteiger partial charge on any atom is 0.514 e. The highest BCUT2D eigenvalue weighted by Crippen LogP contribution is 2.31. The number of imidazole rings is 1. The van der Waals surface area contributed by atoms with Gasteiger partial charge < -0.3 is 14.0 Å². The molecule has 4 rings (SSSR count). The first-order chi connectivity index (χ1) is 18.9. The predicted octanol–water partition coefficient (Wildman–Crippen LogP) is 6.66. The van der Waals surface area contributed by atoms with Crippen LogP contribution < -0.4 is 4.74 Å². The first-order valence-electron chi connectivity index (χ1n) is 13.4. The number of carbonyl (C=O) groups is 1. The number of nitrogens with zero attached hydrogens (tertiary/aromatic N) is 3. The lowest BCUT2D eigenvalue weighted by atomic mass is 10.0. The number of rotatable bonds is 9. The number of hydrogen-bond acceptors (Lipinski definition) is 6. The lowest BCUT2D eigenvalue weighted by Gasteiger charge is -2.19. The van der Waals surface area contributed by atoms with Gasteiger partial charge in [-0.15, -0.1) is 0 Å². The van der Waals surface area contributed by atoms with Gasteiger partial charge in [-0.05, 0) is 62.6 Å². The average molecular weight is 564 g/mol. The molecule has 0 atom stereocenters. The molecule has 4 aromatic rings. The summed E-state index contributed by atoms with van der Waals surface area (Å²) in [6.45, 7) is 8.10. The Labute approximate surface area is 236 Å². The van der Waals surface area contributed by atoms with E-state index in [0.717, 1.165) is 47.3 Å². The van der Waals surface area contributed by atoms with E-state index >= 15 is 0 Å². The topological polar surface area (TPSA) is 90.7 Å². The van der Waals surface area contributed by atoms with Gasteiger partial charge in [0.1, 0.15) is 17.2 Å². The number of aryl methyl sites for hydroxylation is 1. The average Bonchev–Trinajstić information content (AvgIpc) is 3.23. The molecule has 0 saturated carbocycles. The third kappa shape index (κ3) is 6.71. The fourth-order valence-corrected chi connectivity index (χ4v) is 5.28. The van der Waals surface area contributed by atoms with Crippen LogP contribution in [-0.2, 0) is 27.7 Å². The molecular formula is C31H37N3O5S. The molecular weight excluding hydrogens is 526 g/mol. The molecule has 0 aliphatic heterocycles. The molecule has 0 bridgehead atoms. The highest BCUT2D eigenvalue weighted by Gasteiger charge is 2.21. The Hall–Kier alpha value is -3.69. The normalized spacial score (nSPS) is 12.2. The molecule has 8 nitrogen and oxygen atoms in total. The van der Waals surface area contributed by atoms with E-state index in [0.29, 0.717) is 17.8 Å². The fourth-order valence-electron chi connectivity index (χ4n) is 4.36. The number of aromatic nitrogens is 2. The van der Waals surface area contributed by atoms with Crippen molar-refractivity contribution in [2.24, 2.45) is 0 Å². The van der Waals surface area contributed by atoms with Crippen LogP contribution in [0, 0.1) is 0 Å². The molecule has 40 heavy (non-hydrogen) atoms. The molecule has 0 unspecified atom stereocenters. The van der Waals surface area contributed by atoms with Crippen LogP contribution in [0.15, 0.2) is 71.6 Å². The Morgan fingerprint density at radius 3 is 2.35 bits per heavy atom. The second kappa shape index (κ2) is 11.8. The highest BCUT2D eigenvalue weighted by atomic mass is 32.2. The molecule has 3 aromatic carbocycles.